The Kier molecular flexibility index (Phi) is 5.16. The zero-order valence-corrected chi connectivity index (χ0v) is 15.7. The van der Waals surface area contributed by atoms with Crippen LogP contribution in [0.5, 0.6) is 0 Å². The van der Waals surface area contributed by atoms with Gasteiger partial charge in [0, 0.05) is 36.1 Å². The van der Waals surface area contributed by atoms with E-state index in [1.54, 1.807) is 6.20 Å². The van der Waals surface area contributed by atoms with Gasteiger partial charge in [-0.25, -0.2) is 4.98 Å². The summed E-state index contributed by atoms with van der Waals surface area (Å²) in [5, 5.41) is 6.76. The molecule has 0 bridgehead atoms. The maximum absolute atomic E-state index is 4.65. The first-order chi connectivity index (χ1) is 12.4. The Morgan fingerprint density at radius 1 is 1.00 bits per heavy atom. The highest BCUT2D eigenvalue weighted by molar-refractivity contribution is 5.63. The van der Waals surface area contributed by atoms with Gasteiger partial charge in [-0.2, -0.15) is 4.98 Å². The number of nitrogens with one attached hydrogen (secondary N) is 2. The number of aryl methyl sites for hydroxylation is 1. The first kappa shape index (κ1) is 17.9. The highest BCUT2D eigenvalue weighted by atomic mass is 15.2. The van der Waals surface area contributed by atoms with E-state index in [9.17, 15) is 0 Å². The van der Waals surface area contributed by atoms with Gasteiger partial charge < -0.3 is 10.6 Å². The molecule has 0 amide bonds. The summed E-state index contributed by atoms with van der Waals surface area (Å²) in [5.41, 5.74) is 4.15. The van der Waals surface area contributed by atoms with Crippen LogP contribution in [0, 0.1) is 6.92 Å². The van der Waals surface area contributed by atoms with Gasteiger partial charge in [-0.1, -0.05) is 29.8 Å². The minimum absolute atomic E-state index is 0.123. The Bertz CT molecular complexity index is 852. The first-order valence-electron chi connectivity index (χ1n) is 8.76. The molecule has 5 heteroatoms. The predicted octanol–water partition coefficient (Wildman–Crippen LogP) is 4.67. The molecule has 3 aromatic rings. The monoisotopic (exact) mass is 347 g/mol. The van der Waals surface area contributed by atoms with Crippen molar-refractivity contribution in [3.05, 3.63) is 66.0 Å². The smallest absolute Gasteiger partial charge is 0.225 e. The predicted molar refractivity (Wildman–Crippen MR) is 107 cm³/mol. The normalized spacial score (nSPS) is 11.2. The largest absolute Gasteiger partial charge is 0.366 e. The molecule has 0 saturated heterocycles. The van der Waals surface area contributed by atoms with Crippen molar-refractivity contribution in [1.82, 2.24) is 15.0 Å². The fourth-order valence-electron chi connectivity index (χ4n) is 2.49. The SMILES string of the molecule is Cc1ccc(CNc2cc(-c3cccnc3)nc(NC(C)(C)C)n2)cc1. The van der Waals surface area contributed by atoms with Gasteiger partial charge in [-0.3, -0.25) is 4.98 Å². The molecule has 0 atom stereocenters. The van der Waals surface area contributed by atoms with Crippen molar-refractivity contribution < 1.29 is 0 Å². The van der Waals surface area contributed by atoms with Gasteiger partial charge in [0.1, 0.15) is 5.82 Å². The molecule has 0 aliphatic carbocycles. The van der Waals surface area contributed by atoms with Gasteiger partial charge >= 0.3 is 0 Å². The molecule has 2 heterocycles. The van der Waals surface area contributed by atoms with E-state index in [1.165, 1.54) is 11.1 Å². The summed E-state index contributed by atoms with van der Waals surface area (Å²) in [5.74, 6) is 1.39. The molecule has 0 aliphatic heterocycles. The van der Waals surface area contributed by atoms with E-state index in [-0.39, 0.29) is 5.54 Å². The molecule has 134 valence electrons. The molecule has 0 aliphatic rings. The van der Waals surface area contributed by atoms with E-state index >= 15 is 0 Å². The minimum Gasteiger partial charge on any atom is -0.366 e. The molecule has 0 spiro atoms. The number of benzene rings is 1. The highest BCUT2D eigenvalue weighted by Crippen LogP contribution is 2.22. The highest BCUT2D eigenvalue weighted by Gasteiger charge is 2.14. The average molecular weight is 347 g/mol. The molecule has 2 aromatic heterocycles. The van der Waals surface area contributed by atoms with Crippen molar-refractivity contribution in [2.75, 3.05) is 10.6 Å². The van der Waals surface area contributed by atoms with E-state index in [0.717, 1.165) is 17.1 Å². The van der Waals surface area contributed by atoms with Gasteiger partial charge in [0.15, 0.2) is 0 Å². The van der Waals surface area contributed by atoms with Crippen LogP contribution in [0.4, 0.5) is 11.8 Å². The lowest BCUT2D eigenvalue weighted by Gasteiger charge is -2.21. The van der Waals surface area contributed by atoms with Gasteiger partial charge in [0.25, 0.3) is 0 Å². The summed E-state index contributed by atoms with van der Waals surface area (Å²) in [6.45, 7) is 9.07. The lowest BCUT2D eigenvalue weighted by molar-refractivity contribution is 0.626. The van der Waals surface area contributed by atoms with E-state index in [2.05, 4.69) is 77.5 Å². The Labute approximate surface area is 154 Å². The van der Waals surface area contributed by atoms with E-state index < -0.39 is 0 Å². The second kappa shape index (κ2) is 7.52. The number of aromatic nitrogens is 3. The first-order valence-corrected chi connectivity index (χ1v) is 8.76. The van der Waals surface area contributed by atoms with Crippen LogP contribution in [0.3, 0.4) is 0 Å². The second-order valence-corrected chi connectivity index (χ2v) is 7.42. The molecule has 0 saturated carbocycles. The van der Waals surface area contributed by atoms with Gasteiger partial charge in [-0.05, 0) is 45.4 Å². The van der Waals surface area contributed by atoms with Crippen LogP contribution in [0.25, 0.3) is 11.3 Å². The summed E-state index contributed by atoms with van der Waals surface area (Å²) in [4.78, 5) is 13.5. The summed E-state index contributed by atoms with van der Waals surface area (Å²) in [7, 11) is 0. The number of hydrogen-bond donors (Lipinski definition) is 2. The third kappa shape index (κ3) is 5.02. The minimum atomic E-state index is -0.123. The molecule has 26 heavy (non-hydrogen) atoms. The van der Waals surface area contributed by atoms with Crippen molar-refractivity contribution in [3.8, 4) is 11.3 Å². The fraction of sp³-hybridized carbons (Fsp3) is 0.286. The number of hydrogen-bond acceptors (Lipinski definition) is 5. The summed E-state index contributed by atoms with van der Waals surface area (Å²) < 4.78 is 0. The fourth-order valence-corrected chi connectivity index (χ4v) is 2.49. The molecular weight excluding hydrogens is 322 g/mol. The summed E-state index contributed by atoms with van der Waals surface area (Å²) in [6, 6.07) is 14.3. The van der Waals surface area contributed by atoms with Crippen molar-refractivity contribution in [3.63, 3.8) is 0 Å². The maximum atomic E-state index is 4.65. The van der Waals surface area contributed by atoms with Crippen molar-refractivity contribution in [2.24, 2.45) is 0 Å². The molecular formula is C21H25N5. The topological polar surface area (TPSA) is 62.7 Å². The lowest BCUT2D eigenvalue weighted by atomic mass is 10.1. The van der Waals surface area contributed by atoms with Crippen LogP contribution in [0.15, 0.2) is 54.9 Å². The quantitative estimate of drug-likeness (QED) is 0.702. The van der Waals surface area contributed by atoms with Crippen molar-refractivity contribution >= 4 is 11.8 Å². The Balaban J connectivity index is 1.87. The molecule has 0 radical (unpaired) electrons. The van der Waals surface area contributed by atoms with Crippen molar-refractivity contribution in [1.29, 1.82) is 0 Å². The Hall–Kier alpha value is -2.95. The maximum Gasteiger partial charge on any atom is 0.225 e. The number of anilines is 2. The van der Waals surface area contributed by atoms with E-state index in [1.807, 2.05) is 24.4 Å². The van der Waals surface area contributed by atoms with Crippen LogP contribution in [0.1, 0.15) is 31.9 Å². The number of nitrogens with zero attached hydrogens (tertiary/aromatic N) is 3. The standard InChI is InChI=1S/C21H25N5/c1-15-7-9-16(10-8-15)13-23-19-12-18(17-6-5-11-22-14-17)24-20(25-19)26-21(2,3)4/h5-12,14H,13H2,1-4H3,(H2,23,24,25,26). The van der Waals surface area contributed by atoms with Crippen LogP contribution in [0.2, 0.25) is 0 Å². The molecule has 3 rings (SSSR count). The van der Waals surface area contributed by atoms with Crippen LogP contribution < -0.4 is 10.6 Å². The summed E-state index contributed by atoms with van der Waals surface area (Å²) in [6.07, 6.45) is 3.57. The van der Waals surface area contributed by atoms with Gasteiger partial charge in [0.05, 0.1) is 5.69 Å². The van der Waals surface area contributed by atoms with Crippen LogP contribution in [-0.4, -0.2) is 20.5 Å². The van der Waals surface area contributed by atoms with Crippen LogP contribution >= 0.6 is 0 Å². The molecule has 2 N–H and O–H groups in total. The number of rotatable bonds is 5. The average Bonchev–Trinajstić information content (AvgIpc) is 2.60. The van der Waals surface area contributed by atoms with E-state index in [0.29, 0.717) is 12.5 Å². The third-order valence-electron chi connectivity index (χ3n) is 3.76. The van der Waals surface area contributed by atoms with Crippen molar-refractivity contribution in [2.45, 2.75) is 39.8 Å². The molecule has 0 unspecified atom stereocenters. The summed E-state index contributed by atoms with van der Waals surface area (Å²) >= 11 is 0. The zero-order valence-electron chi connectivity index (χ0n) is 15.7. The Morgan fingerprint density at radius 2 is 1.77 bits per heavy atom. The molecule has 5 nitrogen and oxygen atoms in total. The lowest BCUT2D eigenvalue weighted by Crippen LogP contribution is -2.27. The zero-order chi connectivity index (χ0) is 18.6. The molecule has 1 aromatic carbocycles. The third-order valence-corrected chi connectivity index (χ3v) is 3.76. The number of pyridine rings is 1. The second-order valence-electron chi connectivity index (χ2n) is 7.42. The Morgan fingerprint density at radius 3 is 2.42 bits per heavy atom. The molecule has 0 fully saturated rings. The van der Waals surface area contributed by atoms with Gasteiger partial charge in [0.2, 0.25) is 5.95 Å². The van der Waals surface area contributed by atoms with E-state index in [4.69, 9.17) is 0 Å². The van der Waals surface area contributed by atoms with Crippen LogP contribution in [-0.2, 0) is 6.54 Å². The van der Waals surface area contributed by atoms with Gasteiger partial charge in [-0.15, -0.1) is 0 Å².